The molecular formula is C23H25N3O3. The number of methoxy groups -OCH3 is 1. The maximum atomic E-state index is 13.1. The third-order valence-electron chi connectivity index (χ3n) is 5.71. The van der Waals surface area contributed by atoms with Crippen LogP contribution in [0.1, 0.15) is 34.5 Å². The number of piperidine rings is 1. The molecule has 0 spiro atoms. The van der Waals surface area contributed by atoms with Crippen LogP contribution < -0.4 is 4.74 Å². The predicted octanol–water partition coefficient (Wildman–Crippen LogP) is 3.16. The van der Waals surface area contributed by atoms with Gasteiger partial charge in [-0.3, -0.25) is 14.8 Å². The Kier molecular flexibility index (Phi) is 5.20. The number of hydrogen-bond donors (Lipinski definition) is 1. The van der Waals surface area contributed by atoms with E-state index < -0.39 is 5.60 Å². The minimum Gasteiger partial charge on any atom is -0.497 e. The second-order valence-corrected chi connectivity index (χ2v) is 7.73. The van der Waals surface area contributed by atoms with Crippen molar-refractivity contribution in [2.24, 2.45) is 0 Å². The van der Waals surface area contributed by atoms with Gasteiger partial charge in [-0.25, -0.2) is 0 Å². The van der Waals surface area contributed by atoms with Gasteiger partial charge in [-0.2, -0.15) is 0 Å². The minimum absolute atomic E-state index is 0.0290. The van der Waals surface area contributed by atoms with Crippen molar-refractivity contribution in [3.05, 3.63) is 65.6 Å². The third-order valence-corrected chi connectivity index (χ3v) is 5.71. The molecule has 29 heavy (non-hydrogen) atoms. The van der Waals surface area contributed by atoms with Crippen molar-refractivity contribution >= 4 is 16.8 Å². The largest absolute Gasteiger partial charge is 0.497 e. The summed E-state index contributed by atoms with van der Waals surface area (Å²) in [4.78, 5) is 23.6. The molecule has 2 aromatic heterocycles. The molecule has 1 aliphatic heterocycles. The summed E-state index contributed by atoms with van der Waals surface area (Å²) in [5.41, 5.74) is 2.40. The number of carbonyl (C=O) groups is 1. The van der Waals surface area contributed by atoms with E-state index in [1.807, 2.05) is 48.2 Å². The first-order valence-electron chi connectivity index (χ1n) is 9.83. The van der Waals surface area contributed by atoms with Crippen LogP contribution in [0.4, 0.5) is 0 Å². The quantitative estimate of drug-likeness (QED) is 0.739. The van der Waals surface area contributed by atoms with Gasteiger partial charge < -0.3 is 14.7 Å². The van der Waals surface area contributed by atoms with Crippen LogP contribution in [0.15, 0.2) is 48.8 Å². The lowest BCUT2D eigenvalue weighted by molar-refractivity contribution is -0.0162. The number of aliphatic hydroxyl groups is 1. The molecule has 0 saturated carbocycles. The SMILES string of the molecule is COc1ccc2cc(C(=O)N3CCC(O)(Cc4ccncc4)CC3)c(C)nc2c1. The highest BCUT2D eigenvalue weighted by atomic mass is 16.5. The molecule has 150 valence electrons. The van der Waals surface area contributed by atoms with Gasteiger partial charge in [0.25, 0.3) is 5.91 Å². The van der Waals surface area contributed by atoms with E-state index in [1.165, 1.54) is 0 Å². The maximum absolute atomic E-state index is 13.1. The van der Waals surface area contributed by atoms with Gasteiger partial charge >= 0.3 is 0 Å². The zero-order valence-corrected chi connectivity index (χ0v) is 16.8. The highest BCUT2D eigenvalue weighted by molar-refractivity contribution is 5.98. The monoisotopic (exact) mass is 391 g/mol. The third kappa shape index (κ3) is 4.07. The maximum Gasteiger partial charge on any atom is 0.255 e. The van der Waals surface area contributed by atoms with Crippen molar-refractivity contribution in [1.29, 1.82) is 0 Å². The standard InChI is InChI=1S/C23H25N3O3/c1-16-20(13-18-3-4-19(29-2)14-21(18)25-16)22(27)26-11-7-23(28,8-12-26)15-17-5-9-24-10-6-17/h3-6,9-10,13-14,28H,7-8,11-12,15H2,1-2H3. The molecule has 3 aromatic rings. The number of carbonyl (C=O) groups excluding carboxylic acids is 1. The second-order valence-electron chi connectivity index (χ2n) is 7.73. The predicted molar refractivity (Wildman–Crippen MR) is 111 cm³/mol. The molecule has 1 amide bonds. The van der Waals surface area contributed by atoms with E-state index in [9.17, 15) is 9.90 Å². The average molecular weight is 391 g/mol. The molecule has 1 saturated heterocycles. The molecule has 6 nitrogen and oxygen atoms in total. The first-order chi connectivity index (χ1) is 14.0. The van der Waals surface area contributed by atoms with Crippen LogP contribution in [0, 0.1) is 6.92 Å². The van der Waals surface area contributed by atoms with E-state index in [-0.39, 0.29) is 5.91 Å². The zero-order chi connectivity index (χ0) is 20.4. The van der Waals surface area contributed by atoms with Crippen LogP contribution in [0.3, 0.4) is 0 Å². The molecule has 1 aromatic carbocycles. The molecule has 0 aliphatic carbocycles. The van der Waals surface area contributed by atoms with E-state index in [0.717, 1.165) is 22.2 Å². The van der Waals surface area contributed by atoms with Gasteiger partial charge in [0.2, 0.25) is 0 Å². The van der Waals surface area contributed by atoms with Crippen LogP contribution in [-0.2, 0) is 6.42 Å². The number of nitrogens with zero attached hydrogens (tertiary/aromatic N) is 3. The van der Waals surface area contributed by atoms with Gasteiger partial charge in [0.05, 0.1) is 29.5 Å². The highest BCUT2D eigenvalue weighted by Crippen LogP contribution is 2.28. The van der Waals surface area contributed by atoms with Crippen molar-refractivity contribution in [3.8, 4) is 5.75 Å². The summed E-state index contributed by atoms with van der Waals surface area (Å²) in [6.07, 6.45) is 5.16. The number of rotatable bonds is 4. The number of aryl methyl sites for hydroxylation is 1. The van der Waals surface area contributed by atoms with Crippen LogP contribution in [-0.4, -0.2) is 51.7 Å². The first kappa shape index (κ1) is 19.3. The fourth-order valence-electron chi connectivity index (χ4n) is 3.94. The Morgan fingerprint density at radius 2 is 1.90 bits per heavy atom. The van der Waals surface area contributed by atoms with E-state index >= 15 is 0 Å². The number of aromatic nitrogens is 2. The highest BCUT2D eigenvalue weighted by Gasteiger charge is 2.34. The Balaban J connectivity index is 1.49. The number of fused-ring (bicyclic) bond motifs is 1. The lowest BCUT2D eigenvalue weighted by Crippen LogP contribution is -2.47. The number of hydrogen-bond acceptors (Lipinski definition) is 5. The molecule has 1 N–H and O–H groups in total. The van der Waals surface area contributed by atoms with Gasteiger partial charge in [-0.15, -0.1) is 0 Å². The molecule has 1 fully saturated rings. The zero-order valence-electron chi connectivity index (χ0n) is 16.8. The molecule has 3 heterocycles. The summed E-state index contributed by atoms with van der Waals surface area (Å²) in [6, 6.07) is 11.4. The Morgan fingerprint density at radius 1 is 1.17 bits per heavy atom. The molecule has 1 aliphatic rings. The van der Waals surface area contributed by atoms with Gasteiger partial charge in [-0.05, 0) is 55.7 Å². The Labute approximate surface area is 170 Å². The van der Waals surface area contributed by atoms with Crippen LogP contribution in [0.25, 0.3) is 10.9 Å². The molecule has 0 bridgehead atoms. The van der Waals surface area contributed by atoms with Crippen molar-refractivity contribution < 1.29 is 14.6 Å². The normalized spacial score (nSPS) is 16.0. The van der Waals surface area contributed by atoms with Crippen LogP contribution >= 0.6 is 0 Å². The number of likely N-dealkylation sites (tertiary alicyclic amines) is 1. The van der Waals surface area contributed by atoms with E-state index in [2.05, 4.69) is 9.97 Å². The van der Waals surface area contributed by atoms with Crippen LogP contribution in [0.5, 0.6) is 5.75 Å². The van der Waals surface area contributed by atoms with Crippen molar-refractivity contribution in [1.82, 2.24) is 14.9 Å². The summed E-state index contributed by atoms with van der Waals surface area (Å²) in [7, 11) is 1.62. The van der Waals surface area contributed by atoms with E-state index in [4.69, 9.17) is 4.74 Å². The summed E-state index contributed by atoms with van der Waals surface area (Å²) < 4.78 is 5.25. The number of ether oxygens (including phenoxy) is 1. The smallest absolute Gasteiger partial charge is 0.255 e. The van der Waals surface area contributed by atoms with Crippen LogP contribution in [0.2, 0.25) is 0 Å². The minimum atomic E-state index is -0.786. The molecule has 0 radical (unpaired) electrons. The van der Waals surface area contributed by atoms with Gasteiger partial charge in [-0.1, -0.05) is 0 Å². The van der Waals surface area contributed by atoms with Gasteiger partial charge in [0.1, 0.15) is 5.75 Å². The lowest BCUT2D eigenvalue weighted by Gasteiger charge is -2.38. The summed E-state index contributed by atoms with van der Waals surface area (Å²) in [5, 5.41) is 11.9. The fraction of sp³-hybridized carbons (Fsp3) is 0.348. The Morgan fingerprint density at radius 3 is 2.59 bits per heavy atom. The number of pyridine rings is 2. The number of benzene rings is 1. The van der Waals surface area contributed by atoms with E-state index in [1.54, 1.807) is 19.5 Å². The van der Waals surface area contributed by atoms with Gasteiger partial charge in [0, 0.05) is 43.4 Å². The summed E-state index contributed by atoms with van der Waals surface area (Å²) >= 11 is 0. The Bertz CT molecular complexity index is 1030. The molecule has 6 heteroatoms. The molecular weight excluding hydrogens is 366 g/mol. The summed E-state index contributed by atoms with van der Waals surface area (Å²) in [5.74, 6) is 0.715. The fourth-order valence-corrected chi connectivity index (χ4v) is 3.94. The van der Waals surface area contributed by atoms with Crippen molar-refractivity contribution in [3.63, 3.8) is 0 Å². The molecule has 4 rings (SSSR count). The molecule has 0 unspecified atom stereocenters. The molecule has 0 atom stereocenters. The van der Waals surface area contributed by atoms with Crippen molar-refractivity contribution in [2.45, 2.75) is 31.8 Å². The first-order valence-corrected chi connectivity index (χ1v) is 9.83. The second kappa shape index (κ2) is 7.79. The van der Waals surface area contributed by atoms with Crippen molar-refractivity contribution in [2.75, 3.05) is 20.2 Å². The van der Waals surface area contributed by atoms with Gasteiger partial charge in [0.15, 0.2) is 0 Å². The lowest BCUT2D eigenvalue weighted by atomic mass is 9.85. The Hall–Kier alpha value is -2.99. The van der Waals surface area contributed by atoms with E-state index in [0.29, 0.717) is 43.6 Å². The topological polar surface area (TPSA) is 75.5 Å². The summed E-state index contributed by atoms with van der Waals surface area (Å²) in [6.45, 7) is 2.91. The number of amides is 1. The average Bonchev–Trinajstić information content (AvgIpc) is 2.73.